The standard InChI is InChI=1S/C23H28N4O5/c1-14(2)24-18(28)12-27-22(30)21-20(16-9-4-5-10-17(16)32-21)26(23(27)31)13-19(29)25-11-7-6-8-15(25)3/h4-5,9-10,14-15H,6-8,11-13H2,1-3H3,(H,24,28)/t15-/m0/s1. The molecular formula is C23H28N4O5. The normalized spacial score (nSPS) is 16.8. The fourth-order valence-corrected chi connectivity index (χ4v) is 4.39. The fourth-order valence-electron chi connectivity index (χ4n) is 4.39. The van der Waals surface area contributed by atoms with Gasteiger partial charge in [0.05, 0.1) is 0 Å². The maximum absolute atomic E-state index is 13.4. The van der Waals surface area contributed by atoms with Gasteiger partial charge in [-0.05, 0) is 52.2 Å². The van der Waals surface area contributed by atoms with E-state index in [1.165, 1.54) is 4.57 Å². The first kappa shape index (κ1) is 21.9. The van der Waals surface area contributed by atoms with Crippen LogP contribution in [0.2, 0.25) is 0 Å². The zero-order chi connectivity index (χ0) is 23.0. The van der Waals surface area contributed by atoms with E-state index in [-0.39, 0.29) is 35.6 Å². The average molecular weight is 441 g/mol. The fraction of sp³-hybridized carbons (Fsp3) is 0.478. The lowest BCUT2D eigenvalue weighted by Crippen LogP contribution is -2.48. The second kappa shape index (κ2) is 8.64. The summed E-state index contributed by atoms with van der Waals surface area (Å²) in [5.74, 6) is -0.653. The number of hydrogen-bond acceptors (Lipinski definition) is 5. The summed E-state index contributed by atoms with van der Waals surface area (Å²) in [6.45, 7) is 5.55. The molecule has 9 heteroatoms. The largest absolute Gasteiger partial charge is 0.449 e. The summed E-state index contributed by atoms with van der Waals surface area (Å²) in [5.41, 5.74) is -0.700. The molecule has 3 aromatic rings. The second-order valence-electron chi connectivity index (χ2n) is 8.69. The molecule has 1 aliphatic heterocycles. The van der Waals surface area contributed by atoms with Gasteiger partial charge < -0.3 is 14.6 Å². The molecule has 1 aliphatic rings. The van der Waals surface area contributed by atoms with E-state index in [1.54, 1.807) is 43.0 Å². The lowest BCUT2D eigenvalue weighted by molar-refractivity contribution is -0.135. The van der Waals surface area contributed by atoms with Crippen molar-refractivity contribution >= 4 is 33.9 Å². The summed E-state index contributed by atoms with van der Waals surface area (Å²) in [4.78, 5) is 53.8. The first-order valence-corrected chi connectivity index (χ1v) is 11.0. The van der Waals surface area contributed by atoms with Gasteiger partial charge in [0.25, 0.3) is 5.56 Å². The van der Waals surface area contributed by atoms with Crippen LogP contribution in [0.5, 0.6) is 0 Å². The van der Waals surface area contributed by atoms with Gasteiger partial charge >= 0.3 is 5.69 Å². The average Bonchev–Trinajstić information content (AvgIpc) is 3.13. The zero-order valence-corrected chi connectivity index (χ0v) is 18.6. The molecule has 9 nitrogen and oxygen atoms in total. The number of fused-ring (bicyclic) bond motifs is 3. The van der Waals surface area contributed by atoms with Crippen molar-refractivity contribution in [3.05, 3.63) is 45.1 Å². The molecule has 0 bridgehead atoms. The SMILES string of the molecule is CC(C)NC(=O)Cn1c(=O)c2oc3ccccc3c2n(CC(=O)N2CCCC[C@@H]2C)c1=O. The lowest BCUT2D eigenvalue weighted by Gasteiger charge is -2.33. The molecule has 2 aromatic heterocycles. The van der Waals surface area contributed by atoms with Crippen molar-refractivity contribution in [1.29, 1.82) is 0 Å². The lowest BCUT2D eigenvalue weighted by atomic mass is 10.0. The van der Waals surface area contributed by atoms with E-state index < -0.39 is 23.7 Å². The van der Waals surface area contributed by atoms with E-state index >= 15 is 0 Å². The third kappa shape index (κ3) is 3.94. The van der Waals surface area contributed by atoms with Crippen LogP contribution in [-0.2, 0) is 22.7 Å². The van der Waals surface area contributed by atoms with Crippen molar-refractivity contribution in [3.63, 3.8) is 0 Å². The minimum Gasteiger partial charge on any atom is -0.449 e. The number of carbonyl (C=O) groups excluding carboxylic acids is 2. The van der Waals surface area contributed by atoms with Crippen LogP contribution in [0.3, 0.4) is 0 Å². The van der Waals surface area contributed by atoms with Gasteiger partial charge in [-0.2, -0.15) is 0 Å². The Labute approximate surface area is 184 Å². The van der Waals surface area contributed by atoms with Crippen LogP contribution in [0.25, 0.3) is 22.1 Å². The van der Waals surface area contributed by atoms with Gasteiger partial charge in [-0.25, -0.2) is 9.36 Å². The number of nitrogens with zero attached hydrogens (tertiary/aromatic N) is 3. The molecule has 32 heavy (non-hydrogen) atoms. The highest BCUT2D eigenvalue weighted by Crippen LogP contribution is 2.26. The first-order valence-electron chi connectivity index (χ1n) is 11.0. The predicted molar refractivity (Wildman–Crippen MR) is 121 cm³/mol. The van der Waals surface area contributed by atoms with Crippen molar-refractivity contribution in [3.8, 4) is 0 Å². The zero-order valence-electron chi connectivity index (χ0n) is 18.6. The summed E-state index contributed by atoms with van der Waals surface area (Å²) in [5, 5.41) is 3.26. The number of carbonyl (C=O) groups is 2. The number of furan rings is 1. The number of benzene rings is 1. The Hall–Kier alpha value is -3.36. The third-order valence-electron chi connectivity index (χ3n) is 5.91. The highest BCUT2D eigenvalue weighted by atomic mass is 16.3. The van der Waals surface area contributed by atoms with Crippen LogP contribution in [0.1, 0.15) is 40.0 Å². The monoisotopic (exact) mass is 440 g/mol. The van der Waals surface area contributed by atoms with Crippen LogP contribution >= 0.6 is 0 Å². The first-order chi connectivity index (χ1) is 15.3. The maximum atomic E-state index is 13.4. The topological polar surface area (TPSA) is 107 Å². The molecule has 1 atom stereocenters. The molecule has 1 N–H and O–H groups in total. The Balaban J connectivity index is 1.87. The van der Waals surface area contributed by atoms with E-state index in [2.05, 4.69) is 5.32 Å². The molecule has 2 amide bonds. The van der Waals surface area contributed by atoms with Crippen LogP contribution in [0.4, 0.5) is 0 Å². The van der Waals surface area contributed by atoms with E-state index in [1.807, 2.05) is 6.92 Å². The molecular weight excluding hydrogens is 412 g/mol. The Morgan fingerprint density at radius 3 is 2.59 bits per heavy atom. The molecule has 0 radical (unpaired) electrons. The molecule has 0 saturated carbocycles. The number of aromatic nitrogens is 2. The number of hydrogen-bond donors (Lipinski definition) is 1. The molecule has 0 spiro atoms. The number of likely N-dealkylation sites (tertiary alicyclic amines) is 1. The van der Waals surface area contributed by atoms with Gasteiger partial charge in [0, 0.05) is 24.0 Å². The molecule has 3 heterocycles. The summed E-state index contributed by atoms with van der Waals surface area (Å²) in [6.07, 6.45) is 2.90. The number of nitrogens with one attached hydrogen (secondary N) is 1. The van der Waals surface area contributed by atoms with Crippen LogP contribution in [-0.4, -0.2) is 44.5 Å². The van der Waals surface area contributed by atoms with E-state index in [0.717, 1.165) is 23.8 Å². The summed E-state index contributed by atoms with van der Waals surface area (Å²) in [6, 6.07) is 6.95. The summed E-state index contributed by atoms with van der Waals surface area (Å²) >= 11 is 0. The van der Waals surface area contributed by atoms with Crippen molar-refractivity contribution in [2.24, 2.45) is 0 Å². The van der Waals surface area contributed by atoms with Crippen LogP contribution in [0.15, 0.2) is 38.3 Å². The minimum absolute atomic E-state index is 0.0392. The smallest absolute Gasteiger partial charge is 0.332 e. The summed E-state index contributed by atoms with van der Waals surface area (Å²) in [7, 11) is 0. The molecule has 170 valence electrons. The molecule has 4 rings (SSSR count). The molecule has 1 saturated heterocycles. The maximum Gasteiger partial charge on any atom is 0.332 e. The van der Waals surface area contributed by atoms with Crippen LogP contribution in [0, 0.1) is 0 Å². The van der Waals surface area contributed by atoms with Gasteiger partial charge in [-0.15, -0.1) is 0 Å². The van der Waals surface area contributed by atoms with Crippen molar-refractivity contribution in [2.45, 2.75) is 65.2 Å². The van der Waals surface area contributed by atoms with Gasteiger partial charge in [-0.3, -0.25) is 19.0 Å². The Kier molecular flexibility index (Phi) is 5.90. The number of amides is 2. The minimum atomic E-state index is -0.703. The molecule has 0 aliphatic carbocycles. The van der Waals surface area contributed by atoms with E-state index in [4.69, 9.17) is 4.42 Å². The number of rotatable bonds is 5. The highest BCUT2D eigenvalue weighted by Gasteiger charge is 2.27. The van der Waals surface area contributed by atoms with E-state index in [9.17, 15) is 19.2 Å². The van der Waals surface area contributed by atoms with Gasteiger partial charge in [0.15, 0.2) is 0 Å². The van der Waals surface area contributed by atoms with Crippen molar-refractivity contribution in [2.75, 3.05) is 6.54 Å². The van der Waals surface area contributed by atoms with Gasteiger partial charge in [0.2, 0.25) is 17.4 Å². The van der Waals surface area contributed by atoms with Crippen LogP contribution < -0.4 is 16.6 Å². The number of piperidine rings is 1. The molecule has 0 unspecified atom stereocenters. The van der Waals surface area contributed by atoms with Gasteiger partial charge in [0.1, 0.15) is 24.2 Å². The Bertz CT molecular complexity index is 1300. The second-order valence-corrected chi connectivity index (χ2v) is 8.69. The van der Waals surface area contributed by atoms with Crippen molar-refractivity contribution < 1.29 is 14.0 Å². The predicted octanol–water partition coefficient (Wildman–Crippen LogP) is 1.83. The quantitative estimate of drug-likeness (QED) is 0.652. The summed E-state index contributed by atoms with van der Waals surface area (Å²) < 4.78 is 7.90. The molecule has 1 fully saturated rings. The Morgan fingerprint density at radius 2 is 1.88 bits per heavy atom. The van der Waals surface area contributed by atoms with Gasteiger partial charge in [-0.1, -0.05) is 12.1 Å². The van der Waals surface area contributed by atoms with E-state index in [0.29, 0.717) is 17.5 Å². The third-order valence-corrected chi connectivity index (χ3v) is 5.91. The molecule has 1 aromatic carbocycles. The number of para-hydroxylation sites is 1. The highest BCUT2D eigenvalue weighted by molar-refractivity contribution is 6.02. The Morgan fingerprint density at radius 1 is 1.12 bits per heavy atom. The van der Waals surface area contributed by atoms with Crippen molar-refractivity contribution in [1.82, 2.24) is 19.4 Å².